The summed E-state index contributed by atoms with van der Waals surface area (Å²) in [6, 6.07) is 18.9. The Morgan fingerprint density at radius 2 is 1.85 bits per heavy atom. The number of fused-ring (bicyclic) bond motifs is 1. The lowest BCUT2D eigenvalue weighted by atomic mass is 9.92. The molecule has 0 fully saturated rings. The quantitative estimate of drug-likeness (QED) is 0.215. The predicted octanol–water partition coefficient (Wildman–Crippen LogP) is 6.92. The van der Waals surface area contributed by atoms with Gasteiger partial charge in [0.15, 0.2) is 5.13 Å². The van der Waals surface area contributed by atoms with Crippen molar-refractivity contribution in [3.05, 3.63) is 89.4 Å². The van der Waals surface area contributed by atoms with E-state index in [1.54, 1.807) is 10.7 Å². The summed E-state index contributed by atoms with van der Waals surface area (Å²) in [7, 11) is 0. The second kappa shape index (κ2) is 10.4. The Kier molecular flexibility index (Phi) is 6.96. The van der Waals surface area contributed by atoms with Gasteiger partial charge in [0.25, 0.3) is 0 Å². The number of anilines is 2. The van der Waals surface area contributed by atoms with E-state index in [0.717, 1.165) is 27.2 Å². The van der Waals surface area contributed by atoms with Crippen molar-refractivity contribution in [1.82, 2.24) is 20.1 Å². The second-order valence-electron chi connectivity index (χ2n) is 10.3. The fourth-order valence-electron chi connectivity index (χ4n) is 3.95. The van der Waals surface area contributed by atoms with Crippen molar-refractivity contribution in [3.8, 4) is 17.2 Å². The number of benzene rings is 3. The molecule has 2 aromatic heterocycles. The van der Waals surface area contributed by atoms with Gasteiger partial charge in [-0.15, -0.1) is 0 Å². The number of nitrogens with one attached hydrogen (secondary N) is 2. The Labute approximate surface area is 229 Å². The molecular weight excluding hydrogens is 515 g/mol. The standard InChI is InChI=1S/C29H29FN6O2S/c1-17-5-8-20(9-6-17)36-26(15-25(35-36)29(2,3)4)34-28(37)32-16-18-13-19(30)7-12-23(18)38-21-10-11-22-24(14-21)39-27(31)33-22/h5-15H,16H2,1-4H3,(H2,31,33)(H2,32,34,37). The van der Waals surface area contributed by atoms with E-state index in [2.05, 4.69) is 36.4 Å². The Balaban J connectivity index is 1.33. The third-order valence-electron chi connectivity index (χ3n) is 6.06. The predicted molar refractivity (Wildman–Crippen MR) is 153 cm³/mol. The maximum absolute atomic E-state index is 14.1. The zero-order chi connectivity index (χ0) is 27.7. The van der Waals surface area contributed by atoms with E-state index in [1.807, 2.05) is 49.4 Å². The number of thiazole rings is 1. The van der Waals surface area contributed by atoms with Crippen LogP contribution in [0.25, 0.3) is 15.9 Å². The molecule has 0 spiro atoms. The van der Waals surface area contributed by atoms with Crippen LogP contribution in [-0.4, -0.2) is 20.8 Å². The largest absolute Gasteiger partial charge is 0.457 e. The monoisotopic (exact) mass is 544 g/mol. The summed E-state index contributed by atoms with van der Waals surface area (Å²) in [4.78, 5) is 17.2. The van der Waals surface area contributed by atoms with E-state index >= 15 is 0 Å². The van der Waals surface area contributed by atoms with E-state index in [-0.39, 0.29) is 12.0 Å². The van der Waals surface area contributed by atoms with Gasteiger partial charge in [0.05, 0.1) is 21.6 Å². The fraction of sp³-hybridized carbons (Fsp3) is 0.207. The fourth-order valence-corrected chi connectivity index (χ4v) is 4.72. The zero-order valence-corrected chi connectivity index (χ0v) is 22.9. The van der Waals surface area contributed by atoms with Crippen LogP contribution in [0.1, 0.15) is 37.6 Å². The highest BCUT2D eigenvalue weighted by molar-refractivity contribution is 7.22. The first-order valence-corrected chi connectivity index (χ1v) is 13.2. The van der Waals surface area contributed by atoms with Gasteiger partial charge < -0.3 is 15.8 Å². The molecule has 0 radical (unpaired) electrons. The first-order valence-electron chi connectivity index (χ1n) is 12.4. The topological polar surface area (TPSA) is 107 Å². The number of nitrogens with two attached hydrogens (primary N) is 1. The third-order valence-corrected chi connectivity index (χ3v) is 6.91. The number of nitrogen functional groups attached to an aromatic ring is 1. The Bertz CT molecular complexity index is 1650. The van der Waals surface area contributed by atoms with Crippen molar-refractivity contribution in [2.24, 2.45) is 0 Å². The summed E-state index contributed by atoms with van der Waals surface area (Å²) in [6.45, 7) is 8.24. The maximum Gasteiger partial charge on any atom is 0.320 e. The van der Waals surface area contributed by atoms with Crippen LogP contribution in [0.4, 0.5) is 20.1 Å². The van der Waals surface area contributed by atoms with Crippen LogP contribution in [-0.2, 0) is 12.0 Å². The highest BCUT2D eigenvalue weighted by Gasteiger charge is 2.21. The minimum absolute atomic E-state index is 0.0411. The van der Waals surface area contributed by atoms with Crippen molar-refractivity contribution in [3.63, 3.8) is 0 Å². The lowest BCUT2D eigenvalue weighted by Gasteiger charge is -2.14. The van der Waals surface area contributed by atoms with E-state index in [1.165, 1.54) is 29.5 Å². The van der Waals surface area contributed by atoms with Crippen molar-refractivity contribution < 1.29 is 13.9 Å². The SMILES string of the molecule is Cc1ccc(-n2nc(C(C)(C)C)cc2NC(=O)NCc2cc(F)ccc2Oc2ccc3nc(N)sc3c2)cc1. The minimum Gasteiger partial charge on any atom is -0.457 e. The Morgan fingerprint density at radius 3 is 2.59 bits per heavy atom. The van der Waals surface area contributed by atoms with Crippen LogP contribution in [0.3, 0.4) is 0 Å². The molecule has 3 aromatic carbocycles. The average Bonchev–Trinajstić information content (AvgIpc) is 3.47. The normalized spacial score (nSPS) is 11.5. The molecule has 0 saturated heterocycles. The molecular formula is C29H29FN6O2S. The molecule has 39 heavy (non-hydrogen) atoms. The molecule has 5 rings (SSSR count). The molecule has 8 nitrogen and oxygen atoms in total. The number of aryl methyl sites for hydroxylation is 1. The number of nitrogens with zero attached hydrogens (tertiary/aromatic N) is 3. The van der Waals surface area contributed by atoms with E-state index in [0.29, 0.717) is 28.0 Å². The molecule has 2 heterocycles. The van der Waals surface area contributed by atoms with Crippen LogP contribution in [0.15, 0.2) is 66.7 Å². The van der Waals surface area contributed by atoms with Crippen LogP contribution in [0.2, 0.25) is 0 Å². The van der Waals surface area contributed by atoms with Gasteiger partial charge in [-0.3, -0.25) is 5.32 Å². The molecule has 0 aliphatic rings. The summed E-state index contributed by atoms with van der Waals surface area (Å²) < 4.78 is 22.8. The summed E-state index contributed by atoms with van der Waals surface area (Å²) in [5, 5.41) is 10.9. The van der Waals surface area contributed by atoms with Gasteiger partial charge in [-0.1, -0.05) is 49.8 Å². The summed E-state index contributed by atoms with van der Waals surface area (Å²) in [5.41, 5.74) is 9.63. The zero-order valence-electron chi connectivity index (χ0n) is 22.1. The number of carbonyl (C=O) groups excluding carboxylic acids is 1. The van der Waals surface area contributed by atoms with Crippen LogP contribution in [0, 0.1) is 12.7 Å². The smallest absolute Gasteiger partial charge is 0.320 e. The van der Waals surface area contributed by atoms with Crippen LogP contribution >= 0.6 is 11.3 Å². The van der Waals surface area contributed by atoms with E-state index < -0.39 is 11.8 Å². The summed E-state index contributed by atoms with van der Waals surface area (Å²) in [6.07, 6.45) is 0. The molecule has 4 N–H and O–H groups in total. The molecule has 10 heteroatoms. The number of carbonyl (C=O) groups is 1. The third kappa shape index (κ3) is 6.01. The lowest BCUT2D eigenvalue weighted by molar-refractivity contribution is 0.251. The second-order valence-corrected chi connectivity index (χ2v) is 11.3. The van der Waals surface area contributed by atoms with Crippen LogP contribution in [0.5, 0.6) is 11.5 Å². The van der Waals surface area contributed by atoms with Gasteiger partial charge in [0.1, 0.15) is 23.1 Å². The minimum atomic E-state index is -0.458. The number of amides is 2. The van der Waals surface area contributed by atoms with Gasteiger partial charge in [-0.05, 0) is 49.4 Å². The van der Waals surface area contributed by atoms with E-state index in [4.69, 9.17) is 15.6 Å². The van der Waals surface area contributed by atoms with Crippen LogP contribution < -0.4 is 21.1 Å². The van der Waals surface area contributed by atoms with Gasteiger partial charge in [0, 0.05) is 29.7 Å². The van der Waals surface area contributed by atoms with Gasteiger partial charge >= 0.3 is 6.03 Å². The highest BCUT2D eigenvalue weighted by Crippen LogP contribution is 2.32. The Hall–Kier alpha value is -4.44. The summed E-state index contributed by atoms with van der Waals surface area (Å²) >= 11 is 1.36. The van der Waals surface area contributed by atoms with Crippen molar-refractivity contribution >= 4 is 38.5 Å². The highest BCUT2D eigenvalue weighted by atomic mass is 32.1. The maximum atomic E-state index is 14.1. The molecule has 0 atom stereocenters. The molecule has 0 bridgehead atoms. The summed E-state index contributed by atoms with van der Waals surface area (Å²) in [5.74, 6) is 1.07. The molecule has 0 aliphatic heterocycles. The molecule has 0 saturated carbocycles. The van der Waals surface area contributed by atoms with Gasteiger partial charge in [0.2, 0.25) is 0 Å². The van der Waals surface area contributed by atoms with Crippen molar-refractivity contribution in [1.29, 1.82) is 0 Å². The number of rotatable bonds is 6. The molecule has 0 aliphatic carbocycles. The molecule has 5 aromatic rings. The van der Waals surface area contributed by atoms with Gasteiger partial charge in [-0.25, -0.2) is 18.9 Å². The molecule has 200 valence electrons. The lowest BCUT2D eigenvalue weighted by Crippen LogP contribution is -2.29. The Morgan fingerprint density at radius 1 is 1.08 bits per heavy atom. The number of ether oxygens (including phenoxy) is 1. The number of hydrogen-bond acceptors (Lipinski definition) is 6. The van der Waals surface area contributed by atoms with E-state index in [9.17, 15) is 9.18 Å². The van der Waals surface area contributed by atoms with Gasteiger partial charge in [-0.2, -0.15) is 5.10 Å². The average molecular weight is 545 g/mol. The van der Waals surface area contributed by atoms with Crippen molar-refractivity contribution in [2.75, 3.05) is 11.1 Å². The molecule has 0 unspecified atom stereocenters. The number of urea groups is 1. The number of halogens is 1. The van der Waals surface area contributed by atoms with Crippen molar-refractivity contribution in [2.45, 2.75) is 39.7 Å². The first-order chi connectivity index (χ1) is 18.5. The first kappa shape index (κ1) is 26.2. The number of hydrogen-bond donors (Lipinski definition) is 3. The number of aromatic nitrogens is 3. The molecule has 2 amide bonds.